The summed E-state index contributed by atoms with van der Waals surface area (Å²) in [6.07, 6.45) is 10.1. The fourth-order valence-electron chi connectivity index (χ4n) is 8.44. The molecule has 0 aliphatic carbocycles. The van der Waals surface area contributed by atoms with Crippen molar-refractivity contribution in [1.82, 2.24) is 25.2 Å². The average Bonchev–Trinajstić information content (AvgIpc) is 3.10. The van der Waals surface area contributed by atoms with Gasteiger partial charge in [0.1, 0.15) is 0 Å². The van der Waals surface area contributed by atoms with Crippen molar-refractivity contribution >= 4 is 0 Å². The molecular weight excluding hydrogens is 661 g/mol. The summed E-state index contributed by atoms with van der Waals surface area (Å²) >= 11 is 0. The number of aliphatic hydroxyl groups is 3. The van der Waals surface area contributed by atoms with E-state index in [0.717, 1.165) is 49.4 Å². The first-order valence-corrected chi connectivity index (χ1v) is 20.0. The van der Waals surface area contributed by atoms with Crippen LogP contribution in [0, 0.1) is 17.8 Å². The van der Waals surface area contributed by atoms with Gasteiger partial charge in [0.15, 0.2) is 0 Å². The molecule has 0 aliphatic rings. The Kier molecular flexibility index (Phi) is 18.0. The van der Waals surface area contributed by atoms with Crippen molar-refractivity contribution in [1.29, 1.82) is 0 Å². The minimum Gasteiger partial charge on any atom is -0.389 e. The second kappa shape index (κ2) is 21.3. The summed E-state index contributed by atoms with van der Waals surface area (Å²) in [5.74, 6) is 1.38. The molecule has 0 aliphatic heterocycles. The maximum absolute atomic E-state index is 11.9. The Morgan fingerprint density at radius 1 is 0.660 bits per heavy atom. The predicted molar refractivity (Wildman–Crippen MR) is 218 cm³/mol. The average molecular weight is 733 g/mol. The molecule has 9 nitrogen and oxygen atoms in total. The third kappa shape index (κ3) is 16.6. The van der Waals surface area contributed by atoms with Gasteiger partial charge in [-0.15, -0.1) is 0 Å². The van der Waals surface area contributed by atoms with Crippen LogP contribution in [0.4, 0.5) is 0 Å². The van der Waals surface area contributed by atoms with Gasteiger partial charge in [-0.05, 0) is 120 Å². The highest BCUT2D eigenvalue weighted by Gasteiger charge is 2.34. The molecule has 6 N–H and O–H groups in total. The first-order chi connectivity index (χ1) is 25.0. The van der Waals surface area contributed by atoms with Gasteiger partial charge in [-0.3, -0.25) is 19.9 Å². The Morgan fingerprint density at radius 3 is 1.47 bits per heavy atom. The van der Waals surface area contributed by atoms with Crippen LogP contribution in [0.3, 0.4) is 0 Å². The van der Waals surface area contributed by atoms with Crippen molar-refractivity contribution < 1.29 is 15.3 Å². The summed E-state index contributed by atoms with van der Waals surface area (Å²) in [6.45, 7) is 20.1. The van der Waals surface area contributed by atoms with E-state index in [9.17, 15) is 15.3 Å². The number of nitrogens with two attached hydrogens (primary N) is 1. The van der Waals surface area contributed by atoms with Crippen molar-refractivity contribution in [2.45, 2.75) is 128 Å². The fourth-order valence-corrected chi connectivity index (χ4v) is 8.44. The first-order valence-electron chi connectivity index (χ1n) is 20.0. The number of hydrogen-bond donors (Lipinski definition) is 5. The number of nitrogens with one attached hydrogen (secondary N) is 1. The monoisotopic (exact) mass is 733 g/mol. The van der Waals surface area contributed by atoms with Gasteiger partial charge in [0.25, 0.3) is 0 Å². The molecule has 53 heavy (non-hydrogen) atoms. The van der Waals surface area contributed by atoms with E-state index >= 15 is 0 Å². The molecule has 3 rings (SSSR count). The van der Waals surface area contributed by atoms with E-state index in [1.165, 1.54) is 0 Å². The minimum absolute atomic E-state index is 0.0806. The number of pyridine rings is 3. The van der Waals surface area contributed by atoms with Crippen LogP contribution in [-0.2, 0) is 0 Å². The molecule has 0 radical (unpaired) electrons. The topological polar surface area (TPSA) is 141 Å². The van der Waals surface area contributed by atoms with Crippen molar-refractivity contribution in [2.75, 3.05) is 39.3 Å². The maximum Gasteiger partial charge on any atom is 0.0752 e. The molecule has 0 bridgehead atoms. The Morgan fingerprint density at radius 2 is 1.09 bits per heavy atom. The summed E-state index contributed by atoms with van der Waals surface area (Å²) in [5.41, 5.74) is 6.28. The number of nitrogens with zero attached hydrogens (tertiary/aromatic N) is 4. The van der Waals surface area contributed by atoms with Crippen LogP contribution in [0.25, 0.3) is 0 Å². The van der Waals surface area contributed by atoms with Gasteiger partial charge in [0.05, 0.1) is 16.8 Å². The quantitative estimate of drug-likeness (QED) is 0.0629. The van der Waals surface area contributed by atoms with Crippen molar-refractivity contribution in [3.05, 3.63) is 90.3 Å². The number of aromatic nitrogens is 3. The van der Waals surface area contributed by atoms with E-state index in [1.807, 2.05) is 75.4 Å². The zero-order valence-corrected chi connectivity index (χ0v) is 34.1. The van der Waals surface area contributed by atoms with E-state index < -0.39 is 16.8 Å². The molecule has 0 saturated carbocycles. The molecule has 3 aromatic heterocycles. The Hall–Kier alpha value is -2.79. The van der Waals surface area contributed by atoms with Gasteiger partial charge in [-0.2, -0.15) is 0 Å². The molecule has 0 aromatic carbocycles. The van der Waals surface area contributed by atoms with Crippen molar-refractivity contribution in [3.8, 4) is 0 Å². The van der Waals surface area contributed by atoms with Gasteiger partial charge in [0.2, 0.25) is 0 Å². The summed E-state index contributed by atoms with van der Waals surface area (Å²) in [5, 5.41) is 38.7. The third-order valence-electron chi connectivity index (χ3n) is 10.8. The SMILES string of the molecule is CCC(CN)CC(CNCC(C)(O)CC(C)c1ccccn1)CC(C)CN(CC(C)(O)CC(C)c1ccccn1)CC(C)(O)CC(C)c1ccccn1. The Bertz CT molecular complexity index is 1340. The van der Waals surface area contributed by atoms with Crippen LogP contribution >= 0.6 is 0 Å². The molecule has 3 heterocycles. The second-order valence-electron chi connectivity index (χ2n) is 17.3. The molecule has 9 heteroatoms. The van der Waals surface area contributed by atoms with E-state index in [2.05, 4.69) is 59.8 Å². The summed E-state index contributed by atoms with van der Waals surface area (Å²) < 4.78 is 0. The van der Waals surface area contributed by atoms with Gasteiger partial charge >= 0.3 is 0 Å². The van der Waals surface area contributed by atoms with Gasteiger partial charge in [-0.1, -0.05) is 59.2 Å². The first kappa shape index (κ1) is 44.6. The van der Waals surface area contributed by atoms with E-state index in [4.69, 9.17) is 5.73 Å². The fraction of sp³-hybridized carbons (Fsp3) is 0.659. The normalized spacial score (nSPS) is 19.0. The van der Waals surface area contributed by atoms with E-state index in [1.54, 1.807) is 18.6 Å². The Balaban J connectivity index is 1.72. The summed E-state index contributed by atoms with van der Waals surface area (Å²) in [4.78, 5) is 15.9. The van der Waals surface area contributed by atoms with Crippen LogP contribution < -0.4 is 11.1 Å². The lowest BCUT2D eigenvalue weighted by Crippen LogP contribution is -2.50. The molecule has 0 saturated heterocycles. The molecule has 296 valence electrons. The summed E-state index contributed by atoms with van der Waals surface area (Å²) in [6, 6.07) is 17.8. The minimum atomic E-state index is -0.995. The maximum atomic E-state index is 11.9. The Labute approximate surface area is 321 Å². The largest absolute Gasteiger partial charge is 0.389 e. The van der Waals surface area contributed by atoms with Crippen LogP contribution in [0.1, 0.15) is 129 Å². The molecule has 9 atom stereocenters. The lowest BCUT2D eigenvalue weighted by Gasteiger charge is -2.39. The number of rotatable bonds is 25. The highest BCUT2D eigenvalue weighted by molar-refractivity contribution is 5.11. The molecule has 0 amide bonds. The third-order valence-corrected chi connectivity index (χ3v) is 10.8. The zero-order chi connectivity index (χ0) is 39.1. The summed E-state index contributed by atoms with van der Waals surface area (Å²) in [7, 11) is 0. The molecule has 3 aromatic rings. The molecule has 9 unspecified atom stereocenters. The predicted octanol–water partition coefficient (Wildman–Crippen LogP) is 6.91. The molecule has 0 spiro atoms. The van der Waals surface area contributed by atoms with Gasteiger partial charge in [0, 0.05) is 79.6 Å². The molecule has 0 fully saturated rings. The van der Waals surface area contributed by atoms with Crippen molar-refractivity contribution in [3.63, 3.8) is 0 Å². The second-order valence-corrected chi connectivity index (χ2v) is 17.3. The van der Waals surface area contributed by atoms with Crippen molar-refractivity contribution in [2.24, 2.45) is 23.5 Å². The number of hydrogen-bond acceptors (Lipinski definition) is 9. The molecular formula is C44H72N6O3. The van der Waals surface area contributed by atoms with Gasteiger partial charge in [-0.25, -0.2) is 0 Å². The lowest BCUT2D eigenvalue weighted by atomic mass is 9.84. The van der Waals surface area contributed by atoms with Gasteiger partial charge < -0.3 is 26.4 Å². The lowest BCUT2D eigenvalue weighted by molar-refractivity contribution is -0.0386. The highest BCUT2D eigenvalue weighted by Crippen LogP contribution is 2.30. The van der Waals surface area contributed by atoms with E-state index in [-0.39, 0.29) is 23.7 Å². The smallest absolute Gasteiger partial charge is 0.0752 e. The van der Waals surface area contributed by atoms with Crippen LogP contribution in [0.5, 0.6) is 0 Å². The van der Waals surface area contributed by atoms with Crippen LogP contribution in [0.15, 0.2) is 73.2 Å². The highest BCUT2D eigenvalue weighted by atomic mass is 16.3. The van der Waals surface area contributed by atoms with E-state index in [0.29, 0.717) is 57.3 Å². The zero-order valence-electron chi connectivity index (χ0n) is 34.1. The van der Waals surface area contributed by atoms with Crippen LogP contribution in [0.2, 0.25) is 0 Å². The standard InChI is InChI=1S/C44H72N6O3/c1-9-37(27-45)23-38(28-46-30-42(6,51)24-34(3)39-16-10-13-19-47-39)22-33(2)29-50(31-43(7,52)25-35(4)40-17-11-14-20-48-40)32-44(8,53)26-36(5)41-18-12-15-21-49-41/h10-21,33-38,46,51-53H,9,22-32,45H2,1-8H3. The van der Waals surface area contributed by atoms with Crippen LogP contribution in [-0.4, -0.2) is 91.2 Å².